The van der Waals surface area contributed by atoms with Crippen LogP contribution in [0.3, 0.4) is 0 Å². The number of fused-ring (bicyclic) bond motifs is 2. The second-order valence-electron chi connectivity index (χ2n) is 5.55. The molecule has 0 aromatic heterocycles. The summed E-state index contributed by atoms with van der Waals surface area (Å²) in [6.45, 7) is 0.211. The van der Waals surface area contributed by atoms with Crippen molar-refractivity contribution in [1.82, 2.24) is 0 Å². The van der Waals surface area contributed by atoms with Gasteiger partial charge >= 0.3 is 0 Å². The number of ether oxygens (including phenoxy) is 5. The van der Waals surface area contributed by atoms with Gasteiger partial charge in [0.1, 0.15) is 11.9 Å². The lowest BCUT2D eigenvalue weighted by Gasteiger charge is -2.26. The fourth-order valence-electron chi connectivity index (χ4n) is 2.95. The summed E-state index contributed by atoms with van der Waals surface area (Å²) in [7, 11) is 3.08. The summed E-state index contributed by atoms with van der Waals surface area (Å²) in [5.41, 5.74) is 1.37. The smallest absolute Gasteiger partial charge is 0.231 e. The molecule has 0 saturated heterocycles. The standard InChI is InChI=1S/C18H16O6/c1-20-16-6-11-12(19)7-14(24-15(11)8-17(16)21-2)10-3-4-13-18(5-10)23-9-22-13/h3-6,8,14H,7,9H2,1-2H3. The van der Waals surface area contributed by atoms with Crippen LogP contribution < -0.4 is 23.7 Å². The first-order valence-electron chi connectivity index (χ1n) is 7.55. The Kier molecular flexibility index (Phi) is 3.45. The Morgan fingerprint density at radius 3 is 2.50 bits per heavy atom. The molecule has 2 aromatic rings. The number of methoxy groups -OCH3 is 2. The van der Waals surface area contributed by atoms with Crippen LogP contribution in [0.4, 0.5) is 0 Å². The van der Waals surface area contributed by atoms with E-state index in [-0.39, 0.29) is 25.1 Å². The Labute approximate surface area is 138 Å². The molecule has 0 aliphatic carbocycles. The van der Waals surface area contributed by atoms with Gasteiger partial charge in [-0.25, -0.2) is 0 Å². The van der Waals surface area contributed by atoms with Crippen molar-refractivity contribution in [2.24, 2.45) is 0 Å². The SMILES string of the molecule is COc1cc2c(cc1OC)C(=O)CC(c1ccc3c(c1)OCO3)O2. The second-order valence-corrected chi connectivity index (χ2v) is 5.55. The van der Waals surface area contributed by atoms with E-state index >= 15 is 0 Å². The number of rotatable bonds is 3. The molecule has 6 heteroatoms. The minimum absolute atomic E-state index is 0.000120. The number of ketones is 1. The zero-order valence-corrected chi connectivity index (χ0v) is 13.3. The molecule has 2 aromatic carbocycles. The number of carbonyl (C=O) groups is 1. The molecule has 1 unspecified atom stereocenters. The molecular formula is C18H16O6. The Balaban J connectivity index is 1.69. The third-order valence-corrected chi connectivity index (χ3v) is 4.19. The van der Waals surface area contributed by atoms with Crippen molar-refractivity contribution in [2.75, 3.05) is 21.0 Å². The van der Waals surface area contributed by atoms with Crippen LogP contribution in [0.2, 0.25) is 0 Å². The number of Topliss-reactive ketones (excluding diaryl/α,β-unsaturated/α-hetero) is 1. The van der Waals surface area contributed by atoms with E-state index < -0.39 is 0 Å². The van der Waals surface area contributed by atoms with E-state index in [1.807, 2.05) is 18.2 Å². The number of carbonyl (C=O) groups excluding carboxylic acids is 1. The molecule has 24 heavy (non-hydrogen) atoms. The van der Waals surface area contributed by atoms with E-state index in [2.05, 4.69) is 0 Å². The zero-order chi connectivity index (χ0) is 16.7. The molecular weight excluding hydrogens is 312 g/mol. The highest BCUT2D eigenvalue weighted by atomic mass is 16.7. The summed E-state index contributed by atoms with van der Waals surface area (Å²) in [5.74, 6) is 2.89. The van der Waals surface area contributed by atoms with Crippen LogP contribution >= 0.6 is 0 Å². The average Bonchev–Trinajstić information content (AvgIpc) is 3.08. The van der Waals surface area contributed by atoms with Crippen molar-refractivity contribution in [1.29, 1.82) is 0 Å². The van der Waals surface area contributed by atoms with Gasteiger partial charge in [-0.15, -0.1) is 0 Å². The minimum atomic E-state index is -0.377. The molecule has 1 atom stereocenters. The lowest BCUT2D eigenvalue weighted by Crippen LogP contribution is -2.20. The van der Waals surface area contributed by atoms with Gasteiger partial charge in [-0.1, -0.05) is 6.07 Å². The van der Waals surface area contributed by atoms with Gasteiger partial charge < -0.3 is 23.7 Å². The molecule has 0 fully saturated rings. The number of hydrogen-bond donors (Lipinski definition) is 0. The van der Waals surface area contributed by atoms with Gasteiger partial charge in [0.15, 0.2) is 28.8 Å². The van der Waals surface area contributed by atoms with E-state index in [0.717, 1.165) is 5.56 Å². The van der Waals surface area contributed by atoms with Crippen molar-refractivity contribution in [3.05, 3.63) is 41.5 Å². The largest absolute Gasteiger partial charge is 0.493 e. The Morgan fingerprint density at radius 1 is 0.958 bits per heavy atom. The fraction of sp³-hybridized carbons (Fsp3) is 0.278. The van der Waals surface area contributed by atoms with Gasteiger partial charge in [-0.2, -0.15) is 0 Å². The minimum Gasteiger partial charge on any atom is -0.493 e. The normalized spacial score (nSPS) is 17.9. The molecule has 2 aliphatic heterocycles. The van der Waals surface area contributed by atoms with Crippen molar-refractivity contribution >= 4 is 5.78 Å². The Bertz CT molecular complexity index is 813. The quantitative estimate of drug-likeness (QED) is 0.862. The maximum absolute atomic E-state index is 12.5. The van der Waals surface area contributed by atoms with Gasteiger partial charge in [-0.05, 0) is 23.8 Å². The van der Waals surface area contributed by atoms with E-state index in [9.17, 15) is 4.79 Å². The predicted molar refractivity (Wildman–Crippen MR) is 84.4 cm³/mol. The highest BCUT2D eigenvalue weighted by Crippen LogP contribution is 2.43. The van der Waals surface area contributed by atoms with Crippen LogP contribution in [-0.2, 0) is 0 Å². The molecule has 0 amide bonds. The van der Waals surface area contributed by atoms with Gasteiger partial charge in [0.25, 0.3) is 0 Å². The predicted octanol–water partition coefficient (Wildman–Crippen LogP) is 3.14. The van der Waals surface area contributed by atoms with Crippen LogP contribution in [0, 0.1) is 0 Å². The third-order valence-electron chi connectivity index (χ3n) is 4.19. The molecule has 0 radical (unpaired) electrons. The van der Waals surface area contributed by atoms with Crippen molar-refractivity contribution < 1.29 is 28.5 Å². The molecule has 2 heterocycles. The highest BCUT2D eigenvalue weighted by Gasteiger charge is 2.30. The first kappa shape index (κ1) is 14.7. The summed E-state index contributed by atoms with van der Waals surface area (Å²) < 4.78 is 27.3. The monoisotopic (exact) mass is 328 g/mol. The van der Waals surface area contributed by atoms with Crippen LogP contribution in [0.5, 0.6) is 28.7 Å². The fourth-order valence-corrected chi connectivity index (χ4v) is 2.95. The summed E-state index contributed by atoms with van der Waals surface area (Å²) in [5, 5.41) is 0. The lowest BCUT2D eigenvalue weighted by atomic mass is 9.95. The van der Waals surface area contributed by atoms with Gasteiger partial charge in [-0.3, -0.25) is 4.79 Å². The molecule has 0 N–H and O–H groups in total. The van der Waals surface area contributed by atoms with Gasteiger partial charge in [0.05, 0.1) is 26.2 Å². The first-order valence-corrected chi connectivity index (χ1v) is 7.55. The van der Waals surface area contributed by atoms with E-state index in [0.29, 0.717) is 34.3 Å². The molecule has 0 saturated carbocycles. The Morgan fingerprint density at radius 2 is 1.71 bits per heavy atom. The average molecular weight is 328 g/mol. The van der Waals surface area contributed by atoms with Crippen LogP contribution in [0.25, 0.3) is 0 Å². The van der Waals surface area contributed by atoms with Gasteiger partial charge in [0.2, 0.25) is 6.79 Å². The second kappa shape index (κ2) is 5.63. The van der Waals surface area contributed by atoms with Crippen molar-refractivity contribution in [2.45, 2.75) is 12.5 Å². The summed E-state index contributed by atoms with van der Waals surface area (Å²) in [6, 6.07) is 8.91. The van der Waals surface area contributed by atoms with Crippen molar-refractivity contribution in [3.8, 4) is 28.7 Å². The first-order chi connectivity index (χ1) is 11.7. The zero-order valence-electron chi connectivity index (χ0n) is 13.3. The molecule has 4 rings (SSSR count). The van der Waals surface area contributed by atoms with Crippen molar-refractivity contribution in [3.63, 3.8) is 0 Å². The van der Waals surface area contributed by atoms with E-state index in [1.165, 1.54) is 7.11 Å². The Hall–Kier alpha value is -2.89. The molecule has 124 valence electrons. The maximum atomic E-state index is 12.5. The van der Waals surface area contributed by atoms with Crippen LogP contribution in [-0.4, -0.2) is 26.8 Å². The molecule has 2 aliphatic rings. The van der Waals surface area contributed by atoms with Gasteiger partial charge in [0, 0.05) is 6.07 Å². The third kappa shape index (κ3) is 2.31. The van der Waals surface area contributed by atoms with E-state index in [1.54, 1.807) is 19.2 Å². The summed E-state index contributed by atoms with van der Waals surface area (Å²) >= 11 is 0. The lowest BCUT2D eigenvalue weighted by molar-refractivity contribution is 0.0848. The van der Waals surface area contributed by atoms with Crippen LogP contribution in [0.1, 0.15) is 28.4 Å². The molecule has 0 bridgehead atoms. The highest BCUT2D eigenvalue weighted by molar-refractivity contribution is 6.00. The van der Waals surface area contributed by atoms with E-state index in [4.69, 9.17) is 23.7 Å². The molecule has 6 nitrogen and oxygen atoms in total. The maximum Gasteiger partial charge on any atom is 0.231 e. The molecule has 0 spiro atoms. The van der Waals surface area contributed by atoms with Crippen LogP contribution in [0.15, 0.2) is 30.3 Å². The summed E-state index contributed by atoms with van der Waals surface area (Å²) in [6.07, 6.45) is -0.125. The summed E-state index contributed by atoms with van der Waals surface area (Å²) in [4.78, 5) is 12.5. The number of hydrogen-bond acceptors (Lipinski definition) is 6. The number of benzene rings is 2. The topological polar surface area (TPSA) is 63.2 Å².